The molecule has 0 spiro atoms. The van der Waals surface area contributed by atoms with E-state index >= 15 is 0 Å². The van der Waals surface area contributed by atoms with E-state index in [1.54, 1.807) is 0 Å². The van der Waals surface area contributed by atoms with E-state index in [4.69, 9.17) is 8.83 Å². The lowest BCUT2D eigenvalue weighted by molar-refractivity contribution is 0.632. The minimum absolute atomic E-state index is 0.901. The Morgan fingerprint density at radius 1 is 0.322 bits per heavy atom. The zero-order valence-electron chi connectivity index (χ0n) is 31.7. The predicted molar refractivity (Wildman–Crippen MR) is 251 cm³/mol. The van der Waals surface area contributed by atoms with Crippen molar-refractivity contribution in [3.05, 3.63) is 194 Å². The standard InChI is InChI=1S/C56H32O2S/c1-3-14-33(15-4-1)51-54-47(58-55(51)34-16-5-2-6-17-34)29-27-43-53-42(24-13-25-49(53)59-56(43)54)52-40-22-11-9-20-38(40)50(39-21-10-12-23-41(39)52)37-26-28-46-44(31-37)45-30-35-18-7-8-19-36(35)32-48(45)57-46/h1-32H. The predicted octanol–water partition coefficient (Wildman–Crippen LogP) is 16.8. The van der Waals surface area contributed by atoms with Crippen LogP contribution in [0.15, 0.2) is 203 Å². The molecule has 0 N–H and O–H groups in total. The van der Waals surface area contributed by atoms with Crippen LogP contribution in [0.1, 0.15) is 0 Å². The number of hydrogen-bond acceptors (Lipinski definition) is 3. The zero-order valence-corrected chi connectivity index (χ0v) is 32.5. The second kappa shape index (κ2) is 12.5. The molecule has 0 amide bonds. The van der Waals surface area contributed by atoms with Crippen molar-refractivity contribution in [2.24, 2.45) is 0 Å². The van der Waals surface area contributed by atoms with Gasteiger partial charge < -0.3 is 8.83 Å². The summed E-state index contributed by atoms with van der Waals surface area (Å²) in [5, 5.41) is 13.3. The van der Waals surface area contributed by atoms with Crippen molar-refractivity contribution in [3.63, 3.8) is 0 Å². The Morgan fingerprint density at radius 2 is 0.932 bits per heavy atom. The molecule has 3 aromatic heterocycles. The molecule has 3 heteroatoms. The van der Waals surface area contributed by atoms with Gasteiger partial charge in [0, 0.05) is 47.5 Å². The van der Waals surface area contributed by atoms with Crippen molar-refractivity contribution in [2.45, 2.75) is 0 Å². The third-order valence-electron chi connectivity index (χ3n) is 12.2. The molecule has 10 aromatic carbocycles. The number of hydrogen-bond donors (Lipinski definition) is 0. The van der Waals surface area contributed by atoms with Gasteiger partial charge in [-0.2, -0.15) is 0 Å². The van der Waals surface area contributed by atoms with Crippen LogP contribution < -0.4 is 0 Å². The van der Waals surface area contributed by atoms with Crippen LogP contribution in [0.2, 0.25) is 0 Å². The Hall–Kier alpha value is -7.46. The lowest BCUT2D eigenvalue weighted by atomic mass is 9.84. The second-order valence-corrected chi connectivity index (χ2v) is 16.5. The highest BCUT2D eigenvalue weighted by molar-refractivity contribution is 7.26. The third kappa shape index (κ3) is 4.80. The number of furan rings is 2. The van der Waals surface area contributed by atoms with Gasteiger partial charge in [-0.3, -0.25) is 0 Å². The van der Waals surface area contributed by atoms with Crippen molar-refractivity contribution < 1.29 is 8.83 Å². The minimum Gasteiger partial charge on any atom is -0.456 e. The van der Waals surface area contributed by atoms with Gasteiger partial charge in [-0.05, 0) is 103 Å². The lowest BCUT2D eigenvalue weighted by Gasteiger charge is -2.18. The molecule has 0 aliphatic heterocycles. The van der Waals surface area contributed by atoms with Crippen LogP contribution in [0.5, 0.6) is 0 Å². The molecule has 274 valence electrons. The molecule has 2 nitrogen and oxygen atoms in total. The zero-order chi connectivity index (χ0) is 38.6. The molecule has 3 heterocycles. The van der Waals surface area contributed by atoms with Gasteiger partial charge in [-0.15, -0.1) is 11.3 Å². The maximum absolute atomic E-state index is 6.79. The van der Waals surface area contributed by atoms with Crippen LogP contribution in [0.3, 0.4) is 0 Å². The van der Waals surface area contributed by atoms with Gasteiger partial charge in [-0.25, -0.2) is 0 Å². The number of rotatable bonds is 4. The first-order valence-corrected chi connectivity index (χ1v) is 20.9. The van der Waals surface area contributed by atoms with Gasteiger partial charge in [0.25, 0.3) is 0 Å². The first-order chi connectivity index (χ1) is 29.3. The summed E-state index contributed by atoms with van der Waals surface area (Å²) < 4.78 is 15.7. The van der Waals surface area contributed by atoms with E-state index in [0.29, 0.717) is 0 Å². The molecule has 0 unspecified atom stereocenters. The quantitative estimate of drug-likeness (QED) is 0.167. The molecule has 0 bridgehead atoms. The number of benzene rings is 10. The largest absolute Gasteiger partial charge is 0.456 e. The molecule has 0 radical (unpaired) electrons. The number of thiophene rings is 1. The van der Waals surface area contributed by atoms with E-state index < -0.39 is 0 Å². The van der Waals surface area contributed by atoms with Crippen molar-refractivity contribution in [1.29, 1.82) is 0 Å². The normalized spacial score (nSPS) is 12.1. The van der Waals surface area contributed by atoms with Crippen LogP contribution in [-0.2, 0) is 0 Å². The van der Waals surface area contributed by atoms with Crippen molar-refractivity contribution in [3.8, 4) is 44.7 Å². The highest BCUT2D eigenvalue weighted by atomic mass is 32.1. The SMILES string of the molecule is c1ccc(-c2oc3ccc4c(sc5cccc(-c6c7ccccc7c(-c7ccc8oc9cc%10ccccc%10cc9c8c7)c7ccccc67)c54)c3c2-c2ccccc2)cc1. The first kappa shape index (κ1) is 32.6. The highest BCUT2D eigenvalue weighted by Crippen LogP contribution is 2.52. The van der Waals surface area contributed by atoms with Gasteiger partial charge in [0.05, 0.1) is 0 Å². The van der Waals surface area contributed by atoms with Crippen molar-refractivity contribution in [1.82, 2.24) is 0 Å². The average Bonchev–Trinajstić information content (AvgIpc) is 3.99. The number of fused-ring (bicyclic) bond motifs is 11. The van der Waals surface area contributed by atoms with E-state index in [-0.39, 0.29) is 0 Å². The molecule has 0 aliphatic carbocycles. The average molecular weight is 769 g/mol. The summed E-state index contributed by atoms with van der Waals surface area (Å²) in [5.41, 5.74) is 11.0. The van der Waals surface area contributed by atoms with Crippen LogP contribution in [0, 0.1) is 0 Å². The molecule has 0 fully saturated rings. The smallest absolute Gasteiger partial charge is 0.143 e. The van der Waals surface area contributed by atoms with Crippen molar-refractivity contribution in [2.75, 3.05) is 0 Å². The molecule has 0 aliphatic rings. The molecule has 13 rings (SSSR count). The maximum Gasteiger partial charge on any atom is 0.143 e. The fraction of sp³-hybridized carbons (Fsp3) is 0. The minimum atomic E-state index is 0.901. The Bertz CT molecular complexity index is 3770. The Kier molecular flexibility index (Phi) is 6.92. The second-order valence-electron chi connectivity index (χ2n) is 15.5. The molecular weight excluding hydrogens is 737 g/mol. The fourth-order valence-corrected chi connectivity index (χ4v) is 11.0. The summed E-state index contributed by atoms with van der Waals surface area (Å²) in [6, 6.07) is 70.1. The third-order valence-corrected chi connectivity index (χ3v) is 13.4. The fourth-order valence-electron chi connectivity index (χ4n) is 9.70. The topological polar surface area (TPSA) is 26.3 Å². The maximum atomic E-state index is 6.79. The Balaban J connectivity index is 1.09. The molecule has 0 atom stereocenters. The Labute approximate surface area is 342 Å². The van der Waals surface area contributed by atoms with E-state index in [0.717, 1.165) is 50.0 Å². The summed E-state index contributed by atoms with van der Waals surface area (Å²) in [4.78, 5) is 0. The summed E-state index contributed by atoms with van der Waals surface area (Å²) in [6.07, 6.45) is 0. The Morgan fingerprint density at radius 3 is 1.66 bits per heavy atom. The lowest BCUT2D eigenvalue weighted by Crippen LogP contribution is -1.91. The van der Waals surface area contributed by atoms with E-state index in [2.05, 4.69) is 194 Å². The van der Waals surface area contributed by atoms with Crippen molar-refractivity contribution >= 4 is 96.7 Å². The van der Waals surface area contributed by atoms with E-state index in [1.807, 2.05) is 11.3 Å². The van der Waals surface area contributed by atoms with Crippen LogP contribution >= 0.6 is 11.3 Å². The summed E-state index contributed by atoms with van der Waals surface area (Å²) in [5.74, 6) is 0.902. The summed E-state index contributed by atoms with van der Waals surface area (Å²) in [6.45, 7) is 0. The van der Waals surface area contributed by atoms with E-state index in [1.165, 1.54) is 80.1 Å². The molecule has 0 saturated carbocycles. The van der Waals surface area contributed by atoms with Gasteiger partial charge in [0.15, 0.2) is 0 Å². The highest BCUT2D eigenvalue weighted by Gasteiger charge is 2.24. The molecule has 13 aromatic rings. The van der Waals surface area contributed by atoms with Crippen LogP contribution in [0.25, 0.3) is 130 Å². The van der Waals surface area contributed by atoms with Gasteiger partial charge >= 0.3 is 0 Å². The molecular formula is C56H32O2S. The summed E-state index contributed by atoms with van der Waals surface area (Å²) >= 11 is 1.86. The monoisotopic (exact) mass is 768 g/mol. The van der Waals surface area contributed by atoms with Gasteiger partial charge in [0.1, 0.15) is 22.5 Å². The van der Waals surface area contributed by atoms with Crippen LogP contribution in [0.4, 0.5) is 0 Å². The first-order valence-electron chi connectivity index (χ1n) is 20.1. The summed E-state index contributed by atoms with van der Waals surface area (Å²) in [7, 11) is 0. The van der Waals surface area contributed by atoms with E-state index in [9.17, 15) is 0 Å². The molecule has 59 heavy (non-hydrogen) atoms. The van der Waals surface area contributed by atoms with Crippen LogP contribution in [-0.4, -0.2) is 0 Å². The van der Waals surface area contributed by atoms with Gasteiger partial charge in [0.2, 0.25) is 0 Å². The van der Waals surface area contributed by atoms with Gasteiger partial charge in [-0.1, -0.05) is 152 Å². The molecule has 0 saturated heterocycles.